The summed E-state index contributed by atoms with van der Waals surface area (Å²) in [6, 6.07) is 5.52. The van der Waals surface area contributed by atoms with Crippen LogP contribution in [-0.2, 0) is 0 Å². The van der Waals surface area contributed by atoms with Gasteiger partial charge in [-0.2, -0.15) is 0 Å². The lowest BCUT2D eigenvalue weighted by Gasteiger charge is -2.16. The molecule has 0 spiro atoms. The zero-order valence-corrected chi connectivity index (χ0v) is 12.4. The molecule has 6 heteroatoms. The van der Waals surface area contributed by atoms with Gasteiger partial charge in [-0.25, -0.2) is 4.98 Å². The van der Waals surface area contributed by atoms with Crippen molar-refractivity contribution < 1.29 is 4.79 Å². The van der Waals surface area contributed by atoms with E-state index in [1.54, 1.807) is 25.2 Å². The molecule has 4 nitrogen and oxygen atoms in total. The summed E-state index contributed by atoms with van der Waals surface area (Å²) in [6.45, 7) is 0. The minimum Gasteiger partial charge on any atom is -0.373 e. The van der Waals surface area contributed by atoms with Crippen LogP contribution in [0.1, 0.15) is 9.67 Å². The first-order chi connectivity index (χ1) is 8.61. The van der Waals surface area contributed by atoms with Gasteiger partial charge >= 0.3 is 0 Å². The van der Waals surface area contributed by atoms with E-state index in [9.17, 15) is 4.79 Å². The molecule has 2 aromatic rings. The lowest BCUT2D eigenvalue weighted by molar-refractivity contribution is 0.0997. The standard InChI is InChI=1S/C12H12BrN3OS/c1-14-11-4-3-9(6-15-11)16(2)12(17)10-5-8(13)7-18-10/h3-7H,1-2H3,(H,14,15). The molecule has 2 heterocycles. The summed E-state index contributed by atoms with van der Waals surface area (Å²) in [4.78, 5) is 18.7. The molecule has 0 saturated carbocycles. The molecule has 2 rings (SSSR count). The van der Waals surface area contributed by atoms with Gasteiger partial charge in [0.1, 0.15) is 5.82 Å². The zero-order valence-electron chi connectivity index (χ0n) is 9.98. The largest absolute Gasteiger partial charge is 0.373 e. The number of nitrogens with one attached hydrogen (secondary N) is 1. The maximum absolute atomic E-state index is 12.2. The van der Waals surface area contributed by atoms with Crippen molar-refractivity contribution in [2.45, 2.75) is 0 Å². The molecule has 0 aliphatic heterocycles. The molecular weight excluding hydrogens is 314 g/mol. The Morgan fingerprint density at radius 3 is 2.78 bits per heavy atom. The van der Waals surface area contributed by atoms with E-state index in [4.69, 9.17) is 0 Å². The van der Waals surface area contributed by atoms with E-state index in [1.165, 1.54) is 11.3 Å². The van der Waals surface area contributed by atoms with Gasteiger partial charge in [-0.05, 0) is 34.1 Å². The molecule has 0 saturated heterocycles. The van der Waals surface area contributed by atoms with Crippen molar-refractivity contribution in [3.05, 3.63) is 39.1 Å². The predicted molar refractivity (Wildman–Crippen MR) is 78.5 cm³/mol. The average Bonchev–Trinajstić information content (AvgIpc) is 2.84. The summed E-state index contributed by atoms with van der Waals surface area (Å²) in [5.41, 5.74) is 0.767. The van der Waals surface area contributed by atoms with Crippen LogP contribution in [0.4, 0.5) is 11.5 Å². The highest BCUT2D eigenvalue weighted by Crippen LogP contribution is 2.23. The number of pyridine rings is 1. The Morgan fingerprint density at radius 2 is 2.28 bits per heavy atom. The molecule has 94 valence electrons. The van der Waals surface area contributed by atoms with Crippen LogP contribution in [-0.4, -0.2) is 25.0 Å². The van der Waals surface area contributed by atoms with Crippen molar-refractivity contribution in [1.29, 1.82) is 0 Å². The Morgan fingerprint density at radius 1 is 1.50 bits per heavy atom. The first-order valence-corrected chi connectivity index (χ1v) is 6.95. The van der Waals surface area contributed by atoms with E-state index < -0.39 is 0 Å². The van der Waals surface area contributed by atoms with Crippen LogP contribution >= 0.6 is 27.3 Å². The Labute approximate surface area is 118 Å². The lowest BCUT2D eigenvalue weighted by Crippen LogP contribution is -2.25. The summed E-state index contributed by atoms with van der Waals surface area (Å²) < 4.78 is 0.924. The normalized spacial score (nSPS) is 10.2. The summed E-state index contributed by atoms with van der Waals surface area (Å²) in [5.74, 6) is 0.739. The second-order valence-corrected chi connectivity index (χ2v) is 5.47. The van der Waals surface area contributed by atoms with Crippen LogP contribution in [0.2, 0.25) is 0 Å². The third-order valence-corrected chi connectivity index (χ3v) is 4.15. The third kappa shape index (κ3) is 2.70. The van der Waals surface area contributed by atoms with Crippen LogP contribution < -0.4 is 10.2 Å². The molecule has 1 amide bonds. The van der Waals surface area contributed by atoms with Crippen LogP contribution in [0.15, 0.2) is 34.2 Å². The number of anilines is 2. The zero-order chi connectivity index (χ0) is 13.1. The minimum atomic E-state index is -0.0373. The fourth-order valence-electron chi connectivity index (χ4n) is 1.44. The molecule has 18 heavy (non-hydrogen) atoms. The van der Waals surface area contributed by atoms with E-state index in [2.05, 4.69) is 26.2 Å². The molecule has 0 aliphatic rings. The molecule has 0 fully saturated rings. The van der Waals surface area contributed by atoms with Gasteiger partial charge in [-0.3, -0.25) is 4.79 Å². The van der Waals surface area contributed by atoms with Gasteiger partial charge in [0.05, 0.1) is 16.8 Å². The number of carbonyl (C=O) groups is 1. The van der Waals surface area contributed by atoms with Crippen molar-refractivity contribution in [3.63, 3.8) is 0 Å². The number of thiophene rings is 1. The molecule has 2 aromatic heterocycles. The summed E-state index contributed by atoms with van der Waals surface area (Å²) in [5, 5.41) is 4.83. The molecule has 0 unspecified atom stereocenters. The molecular formula is C12H12BrN3OS. The molecule has 1 N–H and O–H groups in total. The number of carbonyl (C=O) groups excluding carboxylic acids is 1. The first-order valence-electron chi connectivity index (χ1n) is 5.27. The Balaban J connectivity index is 2.19. The van der Waals surface area contributed by atoms with Crippen molar-refractivity contribution in [3.8, 4) is 0 Å². The van der Waals surface area contributed by atoms with Gasteiger partial charge in [0.25, 0.3) is 5.91 Å². The van der Waals surface area contributed by atoms with Crippen LogP contribution in [0.5, 0.6) is 0 Å². The first kappa shape index (κ1) is 13.0. The highest BCUT2D eigenvalue weighted by molar-refractivity contribution is 9.10. The van der Waals surface area contributed by atoms with Crippen molar-refractivity contribution in [1.82, 2.24) is 4.98 Å². The highest BCUT2D eigenvalue weighted by Gasteiger charge is 2.15. The van der Waals surface area contributed by atoms with Gasteiger partial charge < -0.3 is 10.2 Å². The van der Waals surface area contributed by atoms with Gasteiger partial charge in [0.2, 0.25) is 0 Å². The summed E-state index contributed by atoms with van der Waals surface area (Å²) >= 11 is 4.76. The van der Waals surface area contributed by atoms with Crippen molar-refractivity contribution >= 4 is 44.7 Å². The number of amides is 1. The molecule has 0 aliphatic carbocycles. The Hall–Kier alpha value is -1.40. The second kappa shape index (κ2) is 5.49. The highest BCUT2D eigenvalue weighted by atomic mass is 79.9. The monoisotopic (exact) mass is 325 g/mol. The van der Waals surface area contributed by atoms with E-state index in [0.717, 1.165) is 16.0 Å². The summed E-state index contributed by atoms with van der Waals surface area (Å²) in [7, 11) is 3.55. The number of nitrogens with zero attached hydrogens (tertiary/aromatic N) is 2. The maximum atomic E-state index is 12.2. The van der Waals surface area contributed by atoms with Crippen LogP contribution in [0.3, 0.4) is 0 Å². The van der Waals surface area contributed by atoms with E-state index in [1.807, 2.05) is 23.6 Å². The van der Waals surface area contributed by atoms with E-state index in [0.29, 0.717) is 4.88 Å². The second-order valence-electron chi connectivity index (χ2n) is 3.64. The molecule has 0 bridgehead atoms. The number of aromatic nitrogens is 1. The minimum absolute atomic E-state index is 0.0373. The van der Waals surface area contributed by atoms with Crippen LogP contribution in [0, 0.1) is 0 Å². The van der Waals surface area contributed by atoms with Crippen molar-refractivity contribution in [2.75, 3.05) is 24.3 Å². The third-order valence-electron chi connectivity index (χ3n) is 2.47. The fraction of sp³-hybridized carbons (Fsp3) is 0.167. The van der Waals surface area contributed by atoms with Gasteiger partial charge in [-0.15, -0.1) is 11.3 Å². The SMILES string of the molecule is CNc1ccc(N(C)C(=O)c2cc(Br)cs2)cn1. The number of hydrogen-bond acceptors (Lipinski definition) is 4. The van der Waals surface area contributed by atoms with E-state index in [-0.39, 0.29) is 5.91 Å². The van der Waals surface area contributed by atoms with Gasteiger partial charge in [0, 0.05) is 23.9 Å². The Bertz CT molecular complexity index is 553. The smallest absolute Gasteiger partial charge is 0.268 e. The molecule has 0 atom stereocenters. The van der Waals surface area contributed by atoms with Gasteiger partial charge in [0.15, 0.2) is 0 Å². The quantitative estimate of drug-likeness (QED) is 0.942. The average molecular weight is 326 g/mol. The summed E-state index contributed by atoms with van der Waals surface area (Å²) in [6.07, 6.45) is 1.67. The maximum Gasteiger partial charge on any atom is 0.268 e. The van der Waals surface area contributed by atoms with Crippen molar-refractivity contribution in [2.24, 2.45) is 0 Å². The van der Waals surface area contributed by atoms with Gasteiger partial charge in [-0.1, -0.05) is 0 Å². The number of hydrogen-bond donors (Lipinski definition) is 1. The molecule has 0 radical (unpaired) electrons. The molecule has 0 aromatic carbocycles. The Kier molecular flexibility index (Phi) is 3.98. The fourth-order valence-corrected chi connectivity index (χ4v) is 2.84. The lowest BCUT2D eigenvalue weighted by atomic mass is 10.3. The topological polar surface area (TPSA) is 45.2 Å². The number of halogens is 1. The van der Waals surface area contributed by atoms with E-state index >= 15 is 0 Å². The van der Waals surface area contributed by atoms with Crippen LogP contribution in [0.25, 0.3) is 0 Å². The number of rotatable bonds is 3. The predicted octanol–water partition coefficient (Wildman–Crippen LogP) is 3.22.